The zero-order valence-corrected chi connectivity index (χ0v) is 21.3. The lowest BCUT2D eigenvalue weighted by Gasteiger charge is -2.30. The minimum Gasteiger partial charge on any atom is -0.480 e. The maximum Gasteiger partial charge on any atom is 0.326 e. The molecule has 5 N–H and O–H groups in total. The van der Waals surface area contributed by atoms with Crippen LogP contribution in [-0.2, 0) is 32.0 Å². The van der Waals surface area contributed by atoms with Crippen LogP contribution < -0.4 is 16.4 Å². The predicted molar refractivity (Wildman–Crippen MR) is 139 cm³/mol. The molecule has 0 spiro atoms. The molecule has 2 aromatic carbocycles. The van der Waals surface area contributed by atoms with Crippen molar-refractivity contribution in [1.29, 1.82) is 0 Å². The van der Waals surface area contributed by atoms with Gasteiger partial charge in [-0.05, 0) is 36.3 Å². The van der Waals surface area contributed by atoms with E-state index in [2.05, 4.69) is 10.6 Å². The van der Waals surface area contributed by atoms with Gasteiger partial charge in [0.25, 0.3) is 0 Å². The van der Waals surface area contributed by atoms with Crippen LogP contribution in [0.3, 0.4) is 0 Å². The van der Waals surface area contributed by atoms with Crippen molar-refractivity contribution in [3.8, 4) is 0 Å². The third kappa shape index (κ3) is 7.63. The summed E-state index contributed by atoms with van der Waals surface area (Å²) in [4.78, 5) is 52.7. The molecule has 1 heterocycles. The first-order valence-electron chi connectivity index (χ1n) is 12.6. The van der Waals surface area contributed by atoms with Crippen molar-refractivity contribution in [2.75, 3.05) is 6.54 Å². The first kappa shape index (κ1) is 27.9. The highest BCUT2D eigenvalue weighted by atomic mass is 16.4. The lowest BCUT2D eigenvalue weighted by atomic mass is 9.99. The van der Waals surface area contributed by atoms with Crippen LogP contribution in [0.2, 0.25) is 0 Å². The summed E-state index contributed by atoms with van der Waals surface area (Å²) in [5, 5.41) is 15.1. The Morgan fingerprint density at radius 1 is 0.919 bits per heavy atom. The summed E-state index contributed by atoms with van der Waals surface area (Å²) in [6, 6.07) is 14.9. The average molecular weight is 509 g/mol. The number of benzene rings is 2. The average Bonchev–Trinajstić information content (AvgIpc) is 3.37. The fourth-order valence-corrected chi connectivity index (χ4v) is 4.55. The molecule has 3 rings (SSSR count). The van der Waals surface area contributed by atoms with E-state index in [9.17, 15) is 24.3 Å². The monoisotopic (exact) mass is 508 g/mol. The standard InChI is InChI=1S/C28H36N4O5/c1-18(2)24(31-25(33)21(29)16-19-10-5-3-6-11-19)26(34)30-22(17-20-12-7-4-8-13-20)27(35)32-15-9-14-23(32)28(36)37/h3-8,10-13,18,21-24H,9,14-17,29H2,1-2H3,(H,30,34)(H,31,33)(H,36,37). The molecular weight excluding hydrogens is 472 g/mol. The number of amides is 3. The zero-order valence-electron chi connectivity index (χ0n) is 21.3. The highest BCUT2D eigenvalue weighted by Gasteiger charge is 2.38. The Morgan fingerprint density at radius 2 is 1.49 bits per heavy atom. The molecule has 1 fully saturated rings. The lowest BCUT2D eigenvalue weighted by molar-refractivity contribution is -0.149. The number of hydrogen-bond donors (Lipinski definition) is 4. The van der Waals surface area contributed by atoms with Crippen molar-refractivity contribution < 1.29 is 24.3 Å². The van der Waals surface area contributed by atoms with Crippen LogP contribution in [0.4, 0.5) is 0 Å². The van der Waals surface area contributed by atoms with E-state index < -0.39 is 47.9 Å². The molecule has 4 atom stereocenters. The van der Waals surface area contributed by atoms with Gasteiger partial charge < -0.3 is 26.4 Å². The second kappa shape index (κ2) is 13.0. The summed E-state index contributed by atoms with van der Waals surface area (Å²) < 4.78 is 0. The first-order chi connectivity index (χ1) is 17.7. The van der Waals surface area contributed by atoms with Crippen LogP contribution in [0, 0.1) is 5.92 Å². The highest BCUT2D eigenvalue weighted by molar-refractivity contribution is 5.94. The van der Waals surface area contributed by atoms with Crippen molar-refractivity contribution in [3.63, 3.8) is 0 Å². The van der Waals surface area contributed by atoms with Gasteiger partial charge in [-0.25, -0.2) is 4.79 Å². The minimum atomic E-state index is -1.06. The van der Waals surface area contributed by atoms with Crippen molar-refractivity contribution in [1.82, 2.24) is 15.5 Å². The quantitative estimate of drug-likeness (QED) is 0.362. The molecule has 0 saturated carbocycles. The number of carboxylic acid groups (broad SMARTS) is 1. The fourth-order valence-electron chi connectivity index (χ4n) is 4.55. The number of hydrogen-bond acceptors (Lipinski definition) is 5. The van der Waals surface area contributed by atoms with E-state index in [0.29, 0.717) is 25.8 Å². The molecule has 198 valence electrons. The van der Waals surface area contributed by atoms with Crippen LogP contribution in [-0.4, -0.2) is 64.4 Å². The third-order valence-corrected chi connectivity index (χ3v) is 6.60. The SMILES string of the molecule is CC(C)C(NC(=O)C(N)Cc1ccccc1)C(=O)NC(Cc1ccccc1)C(=O)N1CCCC1C(=O)O. The maximum absolute atomic E-state index is 13.5. The maximum atomic E-state index is 13.5. The number of aliphatic carboxylic acids is 1. The smallest absolute Gasteiger partial charge is 0.326 e. The van der Waals surface area contributed by atoms with Gasteiger partial charge in [0.05, 0.1) is 6.04 Å². The Hall–Kier alpha value is -3.72. The number of nitrogens with zero attached hydrogens (tertiary/aromatic N) is 1. The highest BCUT2D eigenvalue weighted by Crippen LogP contribution is 2.20. The fraction of sp³-hybridized carbons (Fsp3) is 0.429. The summed E-state index contributed by atoms with van der Waals surface area (Å²) in [5.41, 5.74) is 7.84. The Kier molecular flexibility index (Phi) is 9.79. The van der Waals surface area contributed by atoms with Crippen LogP contribution in [0.5, 0.6) is 0 Å². The molecule has 1 aliphatic rings. The van der Waals surface area contributed by atoms with Crippen molar-refractivity contribution in [2.45, 2.75) is 63.7 Å². The second-order valence-electron chi connectivity index (χ2n) is 9.81. The molecule has 2 aromatic rings. The van der Waals surface area contributed by atoms with Gasteiger partial charge in [0.2, 0.25) is 17.7 Å². The Morgan fingerprint density at radius 3 is 2.03 bits per heavy atom. The molecule has 4 unspecified atom stereocenters. The summed E-state index contributed by atoms with van der Waals surface area (Å²) >= 11 is 0. The van der Waals surface area contributed by atoms with Crippen molar-refractivity contribution in [3.05, 3.63) is 71.8 Å². The number of nitrogens with one attached hydrogen (secondary N) is 2. The van der Waals surface area contributed by atoms with Gasteiger partial charge in [-0.2, -0.15) is 0 Å². The number of carbonyl (C=O) groups is 4. The Bertz CT molecular complexity index is 1080. The number of likely N-dealkylation sites (tertiary alicyclic amines) is 1. The van der Waals surface area contributed by atoms with E-state index in [1.807, 2.05) is 60.7 Å². The van der Waals surface area contributed by atoms with Crippen LogP contribution in [0.25, 0.3) is 0 Å². The summed E-state index contributed by atoms with van der Waals surface area (Å²) in [5.74, 6) is -2.77. The number of carbonyl (C=O) groups excluding carboxylic acids is 3. The Balaban J connectivity index is 1.74. The third-order valence-electron chi connectivity index (χ3n) is 6.60. The van der Waals surface area contributed by atoms with Crippen molar-refractivity contribution in [2.24, 2.45) is 11.7 Å². The minimum absolute atomic E-state index is 0.195. The van der Waals surface area contributed by atoms with E-state index >= 15 is 0 Å². The van der Waals surface area contributed by atoms with Gasteiger partial charge >= 0.3 is 5.97 Å². The molecule has 0 aliphatic carbocycles. The number of carboxylic acids is 1. The van der Waals surface area contributed by atoms with Gasteiger partial charge in [0, 0.05) is 13.0 Å². The van der Waals surface area contributed by atoms with Crippen LogP contribution >= 0.6 is 0 Å². The zero-order chi connectivity index (χ0) is 26.9. The van der Waals surface area contributed by atoms with Crippen LogP contribution in [0.1, 0.15) is 37.8 Å². The molecule has 9 nitrogen and oxygen atoms in total. The molecule has 9 heteroatoms. The molecule has 3 amide bonds. The summed E-state index contributed by atoms with van der Waals surface area (Å²) in [7, 11) is 0. The summed E-state index contributed by atoms with van der Waals surface area (Å²) in [6.07, 6.45) is 1.47. The molecule has 1 aliphatic heterocycles. The normalized spacial score (nSPS) is 17.6. The van der Waals surface area contributed by atoms with Gasteiger partial charge in [-0.1, -0.05) is 74.5 Å². The lowest BCUT2D eigenvalue weighted by Crippen LogP contribution is -2.59. The first-order valence-corrected chi connectivity index (χ1v) is 12.6. The molecule has 37 heavy (non-hydrogen) atoms. The van der Waals surface area contributed by atoms with E-state index in [4.69, 9.17) is 5.73 Å². The molecule has 0 bridgehead atoms. The number of rotatable bonds is 11. The van der Waals surface area contributed by atoms with Gasteiger partial charge in [-0.15, -0.1) is 0 Å². The van der Waals surface area contributed by atoms with Gasteiger partial charge in [0.15, 0.2) is 0 Å². The van der Waals surface area contributed by atoms with Gasteiger partial charge in [-0.3, -0.25) is 14.4 Å². The second-order valence-corrected chi connectivity index (χ2v) is 9.81. The Labute approximate surface area is 217 Å². The van der Waals surface area contributed by atoms with E-state index in [1.54, 1.807) is 13.8 Å². The topological polar surface area (TPSA) is 142 Å². The van der Waals surface area contributed by atoms with Gasteiger partial charge in [0.1, 0.15) is 18.1 Å². The number of nitrogens with two attached hydrogens (primary N) is 1. The van der Waals surface area contributed by atoms with E-state index in [-0.39, 0.29) is 12.3 Å². The van der Waals surface area contributed by atoms with E-state index in [1.165, 1.54) is 4.90 Å². The summed E-state index contributed by atoms with van der Waals surface area (Å²) in [6.45, 7) is 3.90. The largest absolute Gasteiger partial charge is 0.480 e. The van der Waals surface area contributed by atoms with E-state index in [0.717, 1.165) is 11.1 Å². The van der Waals surface area contributed by atoms with Crippen molar-refractivity contribution >= 4 is 23.7 Å². The molecule has 1 saturated heterocycles. The predicted octanol–water partition coefficient (Wildman–Crippen LogP) is 1.50. The molecule has 0 radical (unpaired) electrons. The van der Waals surface area contributed by atoms with Crippen LogP contribution in [0.15, 0.2) is 60.7 Å². The molecular formula is C28H36N4O5. The molecule has 0 aromatic heterocycles.